The third-order valence-corrected chi connectivity index (χ3v) is 6.57. The highest BCUT2D eigenvalue weighted by Gasteiger charge is 2.32. The van der Waals surface area contributed by atoms with Gasteiger partial charge < -0.3 is 19.7 Å². The van der Waals surface area contributed by atoms with Gasteiger partial charge in [-0.05, 0) is 31.0 Å². The Labute approximate surface area is 200 Å². The highest BCUT2D eigenvalue weighted by molar-refractivity contribution is 7.92. The fourth-order valence-corrected chi connectivity index (χ4v) is 4.63. The number of sulfonamides is 1. The van der Waals surface area contributed by atoms with Gasteiger partial charge in [-0.1, -0.05) is 37.3 Å². The van der Waals surface area contributed by atoms with Gasteiger partial charge in [0, 0.05) is 19.2 Å². The van der Waals surface area contributed by atoms with Gasteiger partial charge >= 0.3 is 0 Å². The van der Waals surface area contributed by atoms with E-state index in [1.165, 1.54) is 4.90 Å². The van der Waals surface area contributed by atoms with Crippen LogP contribution >= 0.6 is 0 Å². The number of carbonyl (C=O) groups excluding carboxylic acids is 2. The van der Waals surface area contributed by atoms with Gasteiger partial charge in [0.15, 0.2) is 11.5 Å². The maximum Gasteiger partial charge on any atom is 0.244 e. The van der Waals surface area contributed by atoms with Crippen molar-refractivity contribution in [2.75, 3.05) is 36.9 Å². The van der Waals surface area contributed by atoms with E-state index in [1.807, 2.05) is 37.3 Å². The molecule has 184 valence electrons. The number of benzene rings is 2. The van der Waals surface area contributed by atoms with Gasteiger partial charge in [-0.15, -0.1) is 0 Å². The number of carbonyl (C=O) groups is 2. The third kappa shape index (κ3) is 6.19. The van der Waals surface area contributed by atoms with E-state index in [0.717, 1.165) is 16.1 Å². The van der Waals surface area contributed by atoms with Gasteiger partial charge in [0.2, 0.25) is 21.8 Å². The smallest absolute Gasteiger partial charge is 0.244 e. The fourth-order valence-electron chi connectivity index (χ4n) is 3.79. The zero-order valence-corrected chi connectivity index (χ0v) is 20.5. The largest absolute Gasteiger partial charge is 0.486 e. The standard InChI is InChI=1S/C24H31N3O6S/c1-4-20(24(29)25-5-2)26(16-18-9-7-6-8-10-18)23(28)17-27(34(3,30)31)19-11-12-21-22(15-19)33-14-13-32-21/h6-12,15,20H,4-5,13-14,16-17H2,1-3H3,(H,25,29). The number of hydrogen-bond acceptors (Lipinski definition) is 6. The normalized spacial score (nSPS) is 13.6. The summed E-state index contributed by atoms with van der Waals surface area (Å²) in [6.45, 7) is 4.53. The lowest BCUT2D eigenvalue weighted by molar-refractivity contribution is -0.140. The molecule has 1 aliphatic heterocycles. The molecule has 1 N–H and O–H groups in total. The molecule has 3 rings (SSSR count). The Balaban J connectivity index is 1.93. The number of rotatable bonds is 10. The van der Waals surface area contributed by atoms with E-state index in [1.54, 1.807) is 25.1 Å². The zero-order chi connectivity index (χ0) is 24.7. The molecule has 1 unspecified atom stereocenters. The Bertz CT molecular complexity index is 1110. The summed E-state index contributed by atoms with van der Waals surface area (Å²) in [6.07, 6.45) is 1.42. The van der Waals surface area contributed by atoms with Crippen molar-refractivity contribution in [3.63, 3.8) is 0 Å². The van der Waals surface area contributed by atoms with E-state index in [2.05, 4.69) is 5.32 Å². The summed E-state index contributed by atoms with van der Waals surface area (Å²) >= 11 is 0. The molecule has 0 fully saturated rings. The van der Waals surface area contributed by atoms with Crippen molar-refractivity contribution in [2.24, 2.45) is 0 Å². The van der Waals surface area contributed by atoms with Gasteiger partial charge in [-0.2, -0.15) is 0 Å². The van der Waals surface area contributed by atoms with Crippen LogP contribution < -0.4 is 19.1 Å². The van der Waals surface area contributed by atoms with Crippen molar-refractivity contribution in [1.29, 1.82) is 0 Å². The Morgan fingerprint density at radius 3 is 2.32 bits per heavy atom. The van der Waals surface area contributed by atoms with Gasteiger partial charge in [0.05, 0.1) is 11.9 Å². The van der Waals surface area contributed by atoms with E-state index in [0.29, 0.717) is 37.7 Å². The van der Waals surface area contributed by atoms with E-state index in [-0.39, 0.29) is 18.1 Å². The maximum atomic E-state index is 13.6. The molecule has 0 spiro atoms. The SMILES string of the molecule is CCNC(=O)C(CC)N(Cc1ccccc1)C(=O)CN(c1ccc2c(c1)OCCO2)S(C)(=O)=O. The van der Waals surface area contributed by atoms with Crippen molar-refractivity contribution in [1.82, 2.24) is 10.2 Å². The lowest BCUT2D eigenvalue weighted by Gasteiger charge is -2.33. The van der Waals surface area contributed by atoms with Crippen molar-refractivity contribution >= 4 is 27.5 Å². The van der Waals surface area contributed by atoms with Crippen LogP contribution in [0.1, 0.15) is 25.8 Å². The molecule has 2 amide bonds. The number of nitrogens with zero attached hydrogens (tertiary/aromatic N) is 2. The van der Waals surface area contributed by atoms with Crippen molar-refractivity contribution in [2.45, 2.75) is 32.9 Å². The highest BCUT2D eigenvalue weighted by atomic mass is 32.2. The fraction of sp³-hybridized carbons (Fsp3) is 0.417. The van der Waals surface area contributed by atoms with Crippen molar-refractivity contribution in [3.05, 3.63) is 54.1 Å². The summed E-state index contributed by atoms with van der Waals surface area (Å²) in [6, 6.07) is 13.3. The quantitative estimate of drug-likeness (QED) is 0.548. The monoisotopic (exact) mass is 489 g/mol. The molecule has 0 saturated carbocycles. The molecule has 1 aliphatic rings. The average molecular weight is 490 g/mol. The van der Waals surface area contributed by atoms with Crippen LogP contribution in [0.15, 0.2) is 48.5 Å². The predicted molar refractivity (Wildman–Crippen MR) is 129 cm³/mol. The Kier molecular flexibility index (Phi) is 8.38. The van der Waals surface area contributed by atoms with Gasteiger partial charge in [-0.3, -0.25) is 13.9 Å². The second-order valence-electron chi connectivity index (χ2n) is 7.92. The van der Waals surface area contributed by atoms with Gasteiger partial charge in [0.25, 0.3) is 0 Å². The Morgan fingerprint density at radius 1 is 1.03 bits per heavy atom. The number of hydrogen-bond donors (Lipinski definition) is 1. The van der Waals surface area contributed by atoms with Crippen LogP contribution in [0.3, 0.4) is 0 Å². The van der Waals surface area contributed by atoms with Crippen LogP contribution in [0.4, 0.5) is 5.69 Å². The first kappa shape index (κ1) is 25.4. The van der Waals surface area contributed by atoms with E-state index >= 15 is 0 Å². The second-order valence-corrected chi connectivity index (χ2v) is 9.83. The number of anilines is 1. The second kappa shape index (κ2) is 11.2. The zero-order valence-electron chi connectivity index (χ0n) is 19.7. The van der Waals surface area contributed by atoms with Crippen molar-refractivity contribution in [3.8, 4) is 11.5 Å². The molecule has 0 radical (unpaired) electrons. The molecule has 2 aromatic carbocycles. The van der Waals surface area contributed by atoms with Crippen molar-refractivity contribution < 1.29 is 27.5 Å². The first-order valence-electron chi connectivity index (χ1n) is 11.2. The van der Waals surface area contributed by atoms with Crippen LogP contribution in [-0.2, 0) is 26.2 Å². The minimum Gasteiger partial charge on any atom is -0.486 e. The van der Waals surface area contributed by atoms with Gasteiger partial charge in [0.1, 0.15) is 25.8 Å². The first-order chi connectivity index (χ1) is 16.2. The molecule has 9 nitrogen and oxygen atoms in total. The molecule has 0 aliphatic carbocycles. The number of nitrogens with one attached hydrogen (secondary N) is 1. The first-order valence-corrected chi connectivity index (χ1v) is 13.1. The molecule has 1 atom stereocenters. The summed E-state index contributed by atoms with van der Waals surface area (Å²) in [4.78, 5) is 27.8. The highest BCUT2D eigenvalue weighted by Crippen LogP contribution is 2.34. The third-order valence-electron chi connectivity index (χ3n) is 5.43. The van der Waals surface area contributed by atoms with E-state index in [9.17, 15) is 18.0 Å². The van der Waals surface area contributed by atoms with Crippen LogP contribution in [0.25, 0.3) is 0 Å². The lowest BCUT2D eigenvalue weighted by atomic mass is 10.1. The minimum absolute atomic E-state index is 0.175. The minimum atomic E-state index is -3.82. The number of ether oxygens (including phenoxy) is 2. The maximum absolute atomic E-state index is 13.6. The number of fused-ring (bicyclic) bond motifs is 1. The van der Waals surface area contributed by atoms with Crippen LogP contribution in [0, 0.1) is 0 Å². The van der Waals surface area contributed by atoms with Crippen LogP contribution in [0.5, 0.6) is 11.5 Å². The summed E-state index contributed by atoms with van der Waals surface area (Å²) in [5.41, 5.74) is 1.12. The summed E-state index contributed by atoms with van der Waals surface area (Å²) < 4.78 is 37.5. The van der Waals surface area contributed by atoms with Gasteiger partial charge in [-0.25, -0.2) is 8.42 Å². The van der Waals surface area contributed by atoms with Crippen LogP contribution in [0.2, 0.25) is 0 Å². The summed E-state index contributed by atoms with van der Waals surface area (Å²) in [5.74, 6) is 0.171. The summed E-state index contributed by atoms with van der Waals surface area (Å²) in [7, 11) is -3.82. The average Bonchev–Trinajstić information content (AvgIpc) is 2.82. The molecule has 0 aromatic heterocycles. The molecule has 34 heavy (non-hydrogen) atoms. The molecular formula is C24H31N3O6S. The lowest BCUT2D eigenvalue weighted by Crippen LogP contribution is -2.52. The molecule has 0 saturated heterocycles. The molecule has 0 bridgehead atoms. The molecule has 1 heterocycles. The van der Waals surface area contributed by atoms with E-state index < -0.39 is 28.5 Å². The number of amides is 2. The molecule has 2 aromatic rings. The number of likely N-dealkylation sites (N-methyl/N-ethyl adjacent to an activating group) is 1. The van der Waals surface area contributed by atoms with E-state index in [4.69, 9.17) is 9.47 Å². The Hall–Kier alpha value is -3.27. The molecule has 10 heteroatoms. The summed E-state index contributed by atoms with van der Waals surface area (Å²) in [5, 5.41) is 2.77. The van der Waals surface area contributed by atoms with Crippen LogP contribution in [-0.4, -0.2) is 63.7 Å². The predicted octanol–water partition coefficient (Wildman–Crippen LogP) is 2.17. The topological polar surface area (TPSA) is 105 Å². The molecular weight excluding hydrogens is 458 g/mol. The Morgan fingerprint density at radius 2 is 1.71 bits per heavy atom.